The standard InChI is InChI=1S/C13H19ClN4/c1-8(2)4-5-9(3)18-12-11(17-13(18)15)6-10(14)7-16-12/h6-9H,4-5H2,1-3H3,(H2,15,17). The largest absolute Gasteiger partial charge is 0.369 e. The molecule has 0 aliphatic heterocycles. The molecule has 0 radical (unpaired) electrons. The highest BCUT2D eigenvalue weighted by Gasteiger charge is 2.15. The molecule has 2 aromatic rings. The van der Waals surface area contributed by atoms with E-state index in [2.05, 4.69) is 30.7 Å². The Labute approximate surface area is 112 Å². The van der Waals surface area contributed by atoms with E-state index >= 15 is 0 Å². The van der Waals surface area contributed by atoms with E-state index < -0.39 is 0 Å². The third-order valence-electron chi connectivity index (χ3n) is 3.13. The van der Waals surface area contributed by atoms with Crippen LogP contribution in [0.4, 0.5) is 5.95 Å². The number of aromatic nitrogens is 3. The number of rotatable bonds is 4. The first-order chi connectivity index (χ1) is 8.49. The van der Waals surface area contributed by atoms with E-state index in [0.29, 0.717) is 22.9 Å². The molecule has 5 heteroatoms. The van der Waals surface area contributed by atoms with Gasteiger partial charge in [0.1, 0.15) is 5.52 Å². The molecule has 0 fully saturated rings. The summed E-state index contributed by atoms with van der Waals surface area (Å²) in [5, 5.41) is 0.585. The molecule has 0 aliphatic carbocycles. The number of nitrogens with zero attached hydrogens (tertiary/aromatic N) is 3. The zero-order chi connectivity index (χ0) is 13.3. The van der Waals surface area contributed by atoms with Crippen molar-refractivity contribution in [3.63, 3.8) is 0 Å². The molecule has 0 saturated heterocycles. The Morgan fingerprint density at radius 2 is 2.06 bits per heavy atom. The van der Waals surface area contributed by atoms with Crippen molar-refractivity contribution in [2.75, 3.05) is 5.73 Å². The number of hydrogen-bond donors (Lipinski definition) is 1. The number of halogens is 1. The summed E-state index contributed by atoms with van der Waals surface area (Å²) >= 11 is 5.91. The first-order valence-corrected chi connectivity index (χ1v) is 6.65. The molecule has 0 bridgehead atoms. The fourth-order valence-electron chi connectivity index (χ4n) is 2.11. The highest BCUT2D eigenvalue weighted by molar-refractivity contribution is 6.31. The quantitative estimate of drug-likeness (QED) is 0.919. The van der Waals surface area contributed by atoms with Gasteiger partial charge in [-0.25, -0.2) is 9.97 Å². The van der Waals surface area contributed by atoms with E-state index in [4.69, 9.17) is 17.3 Å². The van der Waals surface area contributed by atoms with Gasteiger partial charge in [0.05, 0.1) is 5.02 Å². The van der Waals surface area contributed by atoms with Crippen LogP contribution in [0.3, 0.4) is 0 Å². The molecule has 18 heavy (non-hydrogen) atoms. The smallest absolute Gasteiger partial charge is 0.202 e. The maximum absolute atomic E-state index is 5.98. The first kappa shape index (κ1) is 13.1. The highest BCUT2D eigenvalue weighted by Crippen LogP contribution is 2.26. The molecule has 0 aliphatic rings. The topological polar surface area (TPSA) is 56.7 Å². The van der Waals surface area contributed by atoms with Crippen molar-refractivity contribution in [1.29, 1.82) is 0 Å². The predicted octanol–water partition coefficient (Wildman–Crippen LogP) is 3.66. The van der Waals surface area contributed by atoms with E-state index in [0.717, 1.165) is 24.0 Å². The Balaban J connectivity index is 2.34. The van der Waals surface area contributed by atoms with Crippen LogP contribution in [0.1, 0.15) is 39.7 Å². The summed E-state index contributed by atoms with van der Waals surface area (Å²) in [6.07, 6.45) is 3.86. The average molecular weight is 267 g/mol. The van der Waals surface area contributed by atoms with Gasteiger partial charge in [0.2, 0.25) is 5.95 Å². The van der Waals surface area contributed by atoms with Gasteiger partial charge >= 0.3 is 0 Å². The SMILES string of the molecule is CC(C)CCC(C)n1c(N)nc2cc(Cl)cnc21. The lowest BCUT2D eigenvalue weighted by Gasteiger charge is -2.16. The number of nitrogens with two attached hydrogens (primary N) is 1. The van der Waals surface area contributed by atoms with Crippen LogP contribution in [0, 0.1) is 5.92 Å². The maximum Gasteiger partial charge on any atom is 0.202 e. The van der Waals surface area contributed by atoms with Gasteiger partial charge in [0, 0.05) is 12.2 Å². The van der Waals surface area contributed by atoms with E-state index in [-0.39, 0.29) is 0 Å². The molecular formula is C13H19ClN4. The summed E-state index contributed by atoms with van der Waals surface area (Å²) in [5.41, 5.74) is 7.55. The minimum Gasteiger partial charge on any atom is -0.369 e. The second-order valence-electron chi connectivity index (χ2n) is 5.16. The Bertz CT molecular complexity index is 547. The molecule has 2 aromatic heterocycles. The first-order valence-electron chi connectivity index (χ1n) is 6.28. The molecule has 0 saturated carbocycles. The molecule has 0 aromatic carbocycles. The Morgan fingerprint density at radius 3 is 2.72 bits per heavy atom. The summed E-state index contributed by atoms with van der Waals surface area (Å²) < 4.78 is 1.99. The number of nitrogen functional groups attached to an aromatic ring is 1. The van der Waals surface area contributed by atoms with Crippen LogP contribution < -0.4 is 5.73 Å². The average Bonchev–Trinajstić information content (AvgIpc) is 2.61. The molecular weight excluding hydrogens is 248 g/mol. The Morgan fingerprint density at radius 1 is 1.33 bits per heavy atom. The van der Waals surface area contributed by atoms with Crippen molar-refractivity contribution in [3.8, 4) is 0 Å². The van der Waals surface area contributed by atoms with Gasteiger partial charge < -0.3 is 5.73 Å². The van der Waals surface area contributed by atoms with Gasteiger partial charge in [-0.15, -0.1) is 0 Å². The minimum absolute atomic E-state index is 0.297. The second-order valence-corrected chi connectivity index (χ2v) is 5.59. The van der Waals surface area contributed by atoms with Gasteiger partial charge in [0.15, 0.2) is 5.65 Å². The number of imidazole rings is 1. The lowest BCUT2D eigenvalue weighted by molar-refractivity contribution is 0.448. The summed E-state index contributed by atoms with van der Waals surface area (Å²) in [6.45, 7) is 6.59. The number of hydrogen-bond acceptors (Lipinski definition) is 3. The van der Waals surface area contributed by atoms with Crippen molar-refractivity contribution >= 4 is 28.7 Å². The van der Waals surface area contributed by atoms with Crippen molar-refractivity contribution < 1.29 is 0 Å². The lowest BCUT2D eigenvalue weighted by atomic mass is 10.0. The third-order valence-corrected chi connectivity index (χ3v) is 3.33. The zero-order valence-corrected chi connectivity index (χ0v) is 11.8. The predicted molar refractivity (Wildman–Crippen MR) is 75.7 cm³/mol. The molecule has 0 spiro atoms. The van der Waals surface area contributed by atoms with E-state index in [1.54, 1.807) is 12.3 Å². The van der Waals surface area contributed by atoms with Crippen molar-refractivity contribution in [2.24, 2.45) is 5.92 Å². The monoisotopic (exact) mass is 266 g/mol. The normalized spacial score (nSPS) is 13.4. The molecule has 0 amide bonds. The molecule has 1 unspecified atom stereocenters. The minimum atomic E-state index is 0.297. The number of fused-ring (bicyclic) bond motifs is 1. The van der Waals surface area contributed by atoms with Gasteiger partial charge in [-0.1, -0.05) is 25.4 Å². The summed E-state index contributed by atoms with van der Waals surface area (Å²) in [6, 6.07) is 2.09. The highest BCUT2D eigenvalue weighted by atomic mass is 35.5. The Kier molecular flexibility index (Phi) is 3.76. The summed E-state index contributed by atoms with van der Waals surface area (Å²) in [5.74, 6) is 1.20. The molecule has 1 atom stereocenters. The van der Waals surface area contributed by atoms with E-state index in [1.165, 1.54) is 0 Å². The van der Waals surface area contributed by atoms with Crippen molar-refractivity contribution in [3.05, 3.63) is 17.3 Å². The van der Waals surface area contributed by atoms with E-state index in [1.807, 2.05) is 4.57 Å². The number of anilines is 1. The maximum atomic E-state index is 5.98. The van der Waals surface area contributed by atoms with Crippen LogP contribution in [0.25, 0.3) is 11.2 Å². The van der Waals surface area contributed by atoms with Crippen LogP contribution in [0.2, 0.25) is 5.02 Å². The van der Waals surface area contributed by atoms with Gasteiger partial charge in [-0.2, -0.15) is 0 Å². The molecule has 98 valence electrons. The fourth-order valence-corrected chi connectivity index (χ4v) is 2.27. The van der Waals surface area contributed by atoms with Crippen LogP contribution in [0.5, 0.6) is 0 Å². The third kappa shape index (κ3) is 2.58. The number of pyridine rings is 1. The lowest BCUT2D eigenvalue weighted by Crippen LogP contribution is -2.10. The summed E-state index contributed by atoms with van der Waals surface area (Å²) in [7, 11) is 0. The van der Waals surface area contributed by atoms with Crippen LogP contribution >= 0.6 is 11.6 Å². The van der Waals surface area contributed by atoms with Gasteiger partial charge in [-0.3, -0.25) is 4.57 Å². The molecule has 2 N–H and O–H groups in total. The molecule has 2 rings (SSSR count). The molecule has 4 nitrogen and oxygen atoms in total. The van der Waals surface area contributed by atoms with Gasteiger partial charge in [-0.05, 0) is 31.7 Å². The second kappa shape index (κ2) is 5.14. The fraction of sp³-hybridized carbons (Fsp3) is 0.538. The van der Waals surface area contributed by atoms with Crippen LogP contribution in [0.15, 0.2) is 12.3 Å². The summed E-state index contributed by atoms with van der Waals surface area (Å²) in [4.78, 5) is 8.65. The van der Waals surface area contributed by atoms with Crippen LogP contribution in [-0.2, 0) is 0 Å². The Hall–Kier alpha value is -1.29. The van der Waals surface area contributed by atoms with E-state index in [9.17, 15) is 0 Å². The molecule has 2 heterocycles. The zero-order valence-electron chi connectivity index (χ0n) is 11.0. The van der Waals surface area contributed by atoms with Crippen molar-refractivity contribution in [1.82, 2.24) is 14.5 Å². The van der Waals surface area contributed by atoms with Crippen LogP contribution in [-0.4, -0.2) is 14.5 Å². The van der Waals surface area contributed by atoms with Crippen molar-refractivity contribution in [2.45, 2.75) is 39.7 Å². The van der Waals surface area contributed by atoms with Gasteiger partial charge in [0.25, 0.3) is 0 Å².